The van der Waals surface area contributed by atoms with Gasteiger partial charge in [0.05, 0.1) is 17.0 Å². The van der Waals surface area contributed by atoms with Crippen molar-refractivity contribution in [2.45, 2.75) is 29.4 Å². The van der Waals surface area contributed by atoms with Gasteiger partial charge in [0.15, 0.2) is 4.34 Å². The molecule has 3 rings (SSSR count). The summed E-state index contributed by atoms with van der Waals surface area (Å²) < 4.78 is 39.2. The van der Waals surface area contributed by atoms with Crippen LogP contribution >= 0.6 is 23.1 Å². The molecule has 0 radical (unpaired) electrons. The van der Waals surface area contributed by atoms with Crippen LogP contribution in [0.2, 0.25) is 0 Å². The lowest BCUT2D eigenvalue weighted by Gasteiger charge is -2.13. The molecule has 128 valence electrons. The van der Waals surface area contributed by atoms with E-state index in [1.165, 1.54) is 29.5 Å². The van der Waals surface area contributed by atoms with Crippen LogP contribution in [0.1, 0.15) is 18.4 Å². The van der Waals surface area contributed by atoms with E-state index in [4.69, 9.17) is 0 Å². The highest BCUT2D eigenvalue weighted by molar-refractivity contribution is 8.01. The molecule has 1 amide bonds. The van der Waals surface area contributed by atoms with E-state index >= 15 is 0 Å². The Balaban J connectivity index is 1.55. The first-order chi connectivity index (χ1) is 11.4. The summed E-state index contributed by atoms with van der Waals surface area (Å²) in [4.78, 5) is 11.9. The maximum Gasteiger partial charge on any atom is 0.418 e. The minimum atomic E-state index is -4.51. The number of nitrogens with one attached hydrogen (secondary N) is 2. The molecule has 1 aromatic heterocycles. The second kappa shape index (κ2) is 6.98. The number of nitrogens with zero attached hydrogens (tertiary/aromatic N) is 2. The molecule has 2 aromatic rings. The number of anilines is 2. The fraction of sp³-hybridized carbons (Fsp3) is 0.357. The molecule has 0 spiro atoms. The normalized spacial score (nSPS) is 14.5. The number of halogens is 3. The zero-order valence-corrected chi connectivity index (χ0v) is 13.9. The van der Waals surface area contributed by atoms with Gasteiger partial charge in [-0.15, -0.1) is 10.2 Å². The van der Waals surface area contributed by atoms with E-state index in [-0.39, 0.29) is 11.4 Å². The average molecular weight is 374 g/mol. The number of amides is 1. The predicted molar refractivity (Wildman–Crippen MR) is 87.4 cm³/mol. The van der Waals surface area contributed by atoms with E-state index < -0.39 is 17.6 Å². The molecule has 10 heteroatoms. The Kier molecular flexibility index (Phi) is 4.95. The standard InChI is InChI=1S/C14H13F3N4OS2/c15-14(16,17)9-3-1-2-4-10(9)19-11(22)7-23-13-21-20-12(24-13)18-8-5-6-8/h1-4,8H,5-7H2,(H,18,20)(H,19,22). The third kappa shape index (κ3) is 4.60. The highest BCUT2D eigenvalue weighted by atomic mass is 32.2. The van der Waals surface area contributed by atoms with Gasteiger partial charge in [-0.05, 0) is 25.0 Å². The lowest BCUT2D eigenvalue weighted by molar-refractivity contribution is -0.137. The molecule has 0 unspecified atom stereocenters. The van der Waals surface area contributed by atoms with Gasteiger partial charge in [0.1, 0.15) is 0 Å². The maximum absolute atomic E-state index is 12.9. The smallest absolute Gasteiger partial charge is 0.357 e. The molecule has 24 heavy (non-hydrogen) atoms. The van der Waals surface area contributed by atoms with Gasteiger partial charge in [0.2, 0.25) is 11.0 Å². The number of carbonyl (C=O) groups excluding carboxylic acids is 1. The number of hydrogen-bond donors (Lipinski definition) is 2. The zero-order valence-electron chi connectivity index (χ0n) is 12.3. The van der Waals surface area contributed by atoms with Crippen LogP contribution in [0.5, 0.6) is 0 Å². The molecule has 1 saturated carbocycles. The number of thioether (sulfide) groups is 1. The average Bonchev–Trinajstić information content (AvgIpc) is 3.21. The quantitative estimate of drug-likeness (QED) is 0.752. The van der Waals surface area contributed by atoms with Gasteiger partial charge in [-0.25, -0.2) is 0 Å². The molecular weight excluding hydrogens is 361 g/mol. The molecule has 1 aliphatic rings. The molecule has 0 atom stereocenters. The van der Waals surface area contributed by atoms with Gasteiger partial charge in [-0.1, -0.05) is 35.2 Å². The topological polar surface area (TPSA) is 66.9 Å². The summed E-state index contributed by atoms with van der Waals surface area (Å²) in [7, 11) is 0. The molecule has 0 saturated heterocycles. The van der Waals surface area contributed by atoms with Gasteiger partial charge in [0.25, 0.3) is 0 Å². The second-order valence-corrected chi connectivity index (χ2v) is 7.37. The van der Waals surface area contributed by atoms with Crippen molar-refractivity contribution in [3.8, 4) is 0 Å². The first-order valence-electron chi connectivity index (χ1n) is 7.11. The van der Waals surface area contributed by atoms with Crippen LogP contribution in [0.3, 0.4) is 0 Å². The number of benzene rings is 1. The van der Waals surface area contributed by atoms with E-state index in [1.807, 2.05) is 0 Å². The SMILES string of the molecule is O=C(CSc1nnc(NC2CC2)s1)Nc1ccccc1C(F)(F)F. The number of alkyl halides is 3. The third-order valence-electron chi connectivity index (χ3n) is 3.14. The van der Waals surface area contributed by atoms with Crippen molar-refractivity contribution in [3.05, 3.63) is 29.8 Å². The van der Waals surface area contributed by atoms with Crippen molar-refractivity contribution in [1.29, 1.82) is 0 Å². The van der Waals surface area contributed by atoms with Gasteiger partial charge >= 0.3 is 6.18 Å². The van der Waals surface area contributed by atoms with E-state index in [9.17, 15) is 18.0 Å². The summed E-state index contributed by atoms with van der Waals surface area (Å²) in [6, 6.07) is 5.34. The summed E-state index contributed by atoms with van der Waals surface area (Å²) in [5, 5.41) is 14.1. The van der Waals surface area contributed by atoms with Crippen molar-refractivity contribution in [2.24, 2.45) is 0 Å². The summed E-state index contributed by atoms with van der Waals surface area (Å²) >= 11 is 2.47. The van der Waals surface area contributed by atoms with Gasteiger partial charge in [-0.3, -0.25) is 4.79 Å². The summed E-state index contributed by atoms with van der Waals surface area (Å²) in [6.07, 6.45) is -2.29. The van der Waals surface area contributed by atoms with Crippen molar-refractivity contribution in [2.75, 3.05) is 16.4 Å². The Labute approximate surface area is 144 Å². The van der Waals surface area contributed by atoms with Crippen LogP contribution in [-0.4, -0.2) is 27.9 Å². The molecular formula is C14H13F3N4OS2. The minimum Gasteiger partial charge on any atom is -0.357 e. The second-order valence-electron chi connectivity index (χ2n) is 5.17. The van der Waals surface area contributed by atoms with Crippen molar-refractivity contribution < 1.29 is 18.0 Å². The van der Waals surface area contributed by atoms with Crippen LogP contribution in [0.4, 0.5) is 24.0 Å². The van der Waals surface area contributed by atoms with Crippen LogP contribution in [0.25, 0.3) is 0 Å². The van der Waals surface area contributed by atoms with Crippen molar-refractivity contribution in [1.82, 2.24) is 10.2 Å². The Morgan fingerprint density at radius 2 is 2.04 bits per heavy atom. The summed E-state index contributed by atoms with van der Waals surface area (Å²) in [5.74, 6) is -0.562. The fourth-order valence-corrected chi connectivity index (χ4v) is 3.51. The van der Waals surface area contributed by atoms with E-state index in [1.54, 1.807) is 0 Å². The van der Waals surface area contributed by atoms with E-state index in [0.29, 0.717) is 15.5 Å². The lowest BCUT2D eigenvalue weighted by Crippen LogP contribution is -2.18. The Bertz CT molecular complexity index is 731. The van der Waals surface area contributed by atoms with Gasteiger partial charge in [-0.2, -0.15) is 13.2 Å². The van der Waals surface area contributed by atoms with Crippen LogP contribution in [0, 0.1) is 0 Å². The highest BCUT2D eigenvalue weighted by Gasteiger charge is 2.33. The first kappa shape index (κ1) is 17.0. The molecule has 1 aromatic carbocycles. The largest absolute Gasteiger partial charge is 0.418 e. The van der Waals surface area contributed by atoms with Crippen molar-refractivity contribution >= 4 is 39.8 Å². The molecule has 0 aliphatic heterocycles. The summed E-state index contributed by atoms with van der Waals surface area (Å²) in [5.41, 5.74) is -1.11. The zero-order chi connectivity index (χ0) is 17.2. The molecule has 1 aliphatic carbocycles. The number of rotatable bonds is 6. The molecule has 1 fully saturated rings. The van der Waals surface area contributed by atoms with Crippen LogP contribution < -0.4 is 10.6 Å². The predicted octanol–water partition coefficient (Wildman–Crippen LogP) is 3.86. The fourth-order valence-electron chi connectivity index (χ4n) is 1.88. The monoisotopic (exact) mass is 374 g/mol. The third-order valence-corrected chi connectivity index (χ3v) is 5.13. The van der Waals surface area contributed by atoms with E-state index in [0.717, 1.165) is 30.7 Å². The molecule has 5 nitrogen and oxygen atoms in total. The first-order valence-corrected chi connectivity index (χ1v) is 8.91. The summed E-state index contributed by atoms with van der Waals surface area (Å²) in [6.45, 7) is 0. The van der Waals surface area contributed by atoms with Crippen LogP contribution in [0.15, 0.2) is 28.6 Å². The van der Waals surface area contributed by atoms with Gasteiger partial charge < -0.3 is 10.6 Å². The number of para-hydroxylation sites is 1. The van der Waals surface area contributed by atoms with Crippen LogP contribution in [-0.2, 0) is 11.0 Å². The molecule has 2 N–H and O–H groups in total. The highest BCUT2D eigenvalue weighted by Crippen LogP contribution is 2.35. The minimum absolute atomic E-state index is 0.0374. The number of carbonyl (C=O) groups is 1. The molecule has 0 bridgehead atoms. The number of hydrogen-bond acceptors (Lipinski definition) is 6. The lowest BCUT2D eigenvalue weighted by atomic mass is 10.1. The Morgan fingerprint density at radius 3 is 2.75 bits per heavy atom. The Morgan fingerprint density at radius 1 is 1.29 bits per heavy atom. The maximum atomic E-state index is 12.9. The number of aromatic nitrogens is 2. The van der Waals surface area contributed by atoms with Crippen molar-refractivity contribution in [3.63, 3.8) is 0 Å². The van der Waals surface area contributed by atoms with E-state index in [2.05, 4.69) is 20.8 Å². The Hall–Kier alpha value is -1.81. The van der Waals surface area contributed by atoms with Gasteiger partial charge in [0, 0.05) is 6.04 Å². The molecule has 1 heterocycles.